The number of aryl methyl sites for hydroxylation is 2. The molecule has 0 N–H and O–H groups in total. The molecular weight excluding hydrogens is 164 g/mol. The number of unbranched alkanes of at least 4 members (excludes halogenated alkanes) is 1. The van der Waals surface area contributed by atoms with E-state index in [2.05, 4.69) is 5.10 Å². The molecule has 1 rings (SSSR count). The summed E-state index contributed by atoms with van der Waals surface area (Å²) < 4.78 is 1.88. The van der Waals surface area contributed by atoms with E-state index >= 15 is 0 Å². The van der Waals surface area contributed by atoms with Crippen LogP contribution in [-0.2, 0) is 18.3 Å². The first-order valence-electron chi connectivity index (χ1n) is 4.66. The Hall–Kier alpha value is -1.12. The second-order valence-corrected chi connectivity index (χ2v) is 3.36. The Kier molecular flexibility index (Phi) is 3.68. The maximum atomic E-state index is 10.7. The Labute approximate surface area is 78.8 Å². The van der Waals surface area contributed by atoms with E-state index in [9.17, 15) is 4.79 Å². The van der Waals surface area contributed by atoms with Crippen molar-refractivity contribution in [1.29, 1.82) is 0 Å². The van der Waals surface area contributed by atoms with Gasteiger partial charge in [0.05, 0.1) is 0 Å². The summed E-state index contributed by atoms with van der Waals surface area (Å²) in [4.78, 5) is 10.7. The zero-order valence-electron chi connectivity index (χ0n) is 8.29. The lowest BCUT2D eigenvalue weighted by molar-refractivity contribution is -0.117. The van der Waals surface area contributed by atoms with Crippen LogP contribution in [0.25, 0.3) is 0 Å². The standard InChI is InChI=1S/C10H16N2O/c1-9(13)5-3-4-6-10-7-8-11-12(10)2/h7-8H,3-6H2,1-2H3. The van der Waals surface area contributed by atoms with Crippen molar-refractivity contribution in [2.45, 2.75) is 32.6 Å². The van der Waals surface area contributed by atoms with E-state index in [1.165, 1.54) is 5.69 Å². The first-order valence-corrected chi connectivity index (χ1v) is 4.66. The van der Waals surface area contributed by atoms with Crippen molar-refractivity contribution in [1.82, 2.24) is 9.78 Å². The van der Waals surface area contributed by atoms with Gasteiger partial charge in [0.2, 0.25) is 0 Å². The Bertz CT molecular complexity index is 278. The molecule has 0 atom stereocenters. The molecule has 0 aliphatic carbocycles. The maximum absolute atomic E-state index is 10.7. The first-order chi connectivity index (χ1) is 6.20. The van der Waals surface area contributed by atoms with Crippen molar-refractivity contribution in [3.63, 3.8) is 0 Å². The van der Waals surface area contributed by atoms with Gasteiger partial charge in [-0.2, -0.15) is 5.10 Å². The normalized spacial score (nSPS) is 10.3. The highest BCUT2D eigenvalue weighted by molar-refractivity contribution is 5.75. The number of Topliss-reactive ketones (excluding diaryl/α,β-unsaturated/α-hetero) is 1. The molecule has 1 aromatic rings. The summed E-state index contributed by atoms with van der Waals surface area (Å²) in [5.74, 6) is 0.282. The Morgan fingerprint density at radius 2 is 2.31 bits per heavy atom. The third-order valence-corrected chi connectivity index (χ3v) is 2.13. The second kappa shape index (κ2) is 4.80. The molecule has 0 saturated carbocycles. The molecule has 0 aromatic carbocycles. The van der Waals surface area contributed by atoms with E-state index in [1.54, 1.807) is 13.1 Å². The van der Waals surface area contributed by atoms with Crippen LogP contribution in [0.15, 0.2) is 12.3 Å². The van der Waals surface area contributed by atoms with Crippen LogP contribution in [0.5, 0.6) is 0 Å². The number of rotatable bonds is 5. The van der Waals surface area contributed by atoms with Crippen molar-refractivity contribution < 1.29 is 4.79 Å². The van der Waals surface area contributed by atoms with Crippen molar-refractivity contribution in [3.05, 3.63) is 18.0 Å². The third kappa shape index (κ3) is 3.40. The van der Waals surface area contributed by atoms with E-state index in [0.717, 1.165) is 19.3 Å². The van der Waals surface area contributed by atoms with E-state index < -0.39 is 0 Å². The number of hydrogen-bond acceptors (Lipinski definition) is 2. The second-order valence-electron chi connectivity index (χ2n) is 3.36. The van der Waals surface area contributed by atoms with Crippen LogP contribution in [-0.4, -0.2) is 15.6 Å². The Morgan fingerprint density at radius 1 is 1.54 bits per heavy atom. The van der Waals surface area contributed by atoms with Crippen LogP contribution in [0.4, 0.5) is 0 Å². The molecule has 3 nitrogen and oxygen atoms in total. The van der Waals surface area contributed by atoms with Crippen molar-refractivity contribution in [2.75, 3.05) is 0 Å². The highest BCUT2D eigenvalue weighted by Gasteiger charge is 1.98. The van der Waals surface area contributed by atoms with Gasteiger partial charge in [0.25, 0.3) is 0 Å². The van der Waals surface area contributed by atoms with E-state index in [0.29, 0.717) is 6.42 Å². The van der Waals surface area contributed by atoms with Gasteiger partial charge in [-0.3, -0.25) is 4.68 Å². The van der Waals surface area contributed by atoms with Crippen molar-refractivity contribution in [2.24, 2.45) is 7.05 Å². The third-order valence-electron chi connectivity index (χ3n) is 2.13. The molecule has 1 heterocycles. The summed E-state index contributed by atoms with van der Waals surface area (Å²) in [6, 6.07) is 2.02. The zero-order chi connectivity index (χ0) is 9.68. The fourth-order valence-electron chi connectivity index (χ4n) is 1.33. The number of ketones is 1. The number of aromatic nitrogens is 2. The summed E-state index contributed by atoms with van der Waals surface area (Å²) in [7, 11) is 1.94. The first kappa shape index (κ1) is 9.96. The van der Waals surface area contributed by atoms with Crippen molar-refractivity contribution >= 4 is 5.78 Å². The lowest BCUT2D eigenvalue weighted by Crippen LogP contribution is -1.98. The number of nitrogens with zero attached hydrogens (tertiary/aromatic N) is 2. The number of carbonyl (C=O) groups is 1. The molecule has 0 spiro atoms. The number of carbonyl (C=O) groups excluding carboxylic acids is 1. The summed E-state index contributed by atoms with van der Waals surface area (Å²) in [5, 5.41) is 4.08. The fourth-order valence-corrected chi connectivity index (χ4v) is 1.33. The van der Waals surface area contributed by atoms with Gasteiger partial charge in [0, 0.05) is 25.4 Å². The lowest BCUT2D eigenvalue weighted by atomic mass is 10.1. The molecule has 0 radical (unpaired) electrons. The fraction of sp³-hybridized carbons (Fsp3) is 0.600. The molecule has 0 bridgehead atoms. The summed E-state index contributed by atoms with van der Waals surface area (Å²) in [6.07, 6.45) is 5.58. The Balaban J connectivity index is 2.20. The maximum Gasteiger partial charge on any atom is 0.129 e. The van der Waals surface area contributed by atoms with Crippen LogP contribution in [0.2, 0.25) is 0 Å². The van der Waals surface area contributed by atoms with Crippen LogP contribution in [0, 0.1) is 0 Å². The zero-order valence-corrected chi connectivity index (χ0v) is 8.29. The molecule has 1 aromatic heterocycles. The number of hydrogen-bond donors (Lipinski definition) is 0. The van der Waals surface area contributed by atoms with Gasteiger partial charge in [-0.15, -0.1) is 0 Å². The molecule has 0 fully saturated rings. The molecule has 0 amide bonds. The molecule has 0 unspecified atom stereocenters. The quantitative estimate of drug-likeness (QED) is 0.647. The van der Waals surface area contributed by atoms with Crippen LogP contribution < -0.4 is 0 Å². The summed E-state index contributed by atoms with van der Waals surface area (Å²) in [6.45, 7) is 1.64. The van der Waals surface area contributed by atoms with E-state index in [-0.39, 0.29) is 5.78 Å². The van der Waals surface area contributed by atoms with Gasteiger partial charge in [0.15, 0.2) is 0 Å². The molecule has 72 valence electrons. The topological polar surface area (TPSA) is 34.9 Å². The lowest BCUT2D eigenvalue weighted by Gasteiger charge is -2.00. The van der Waals surface area contributed by atoms with E-state index in [4.69, 9.17) is 0 Å². The summed E-state index contributed by atoms with van der Waals surface area (Å²) >= 11 is 0. The molecule has 0 aliphatic heterocycles. The Morgan fingerprint density at radius 3 is 2.85 bits per heavy atom. The monoisotopic (exact) mass is 180 g/mol. The van der Waals surface area contributed by atoms with Gasteiger partial charge in [0.1, 0.15) is 5.78 Å². The van der Waals surface area contributed by atoms with E-state index in [1.807, 2.05) is 17.8 Å². The molecule has 13 heavy (non-hydrogen) atoms. The minimum atomic E-state index is 0.282. The van der Waals surface area contributed by atoms with Crippen LogP contribution in [0.3, 0.4) is 0 Å². The minimum Gasteiger partial charge on any atom is -0.300 e. The molecule has 3 heteroatoms. The average molecular weight is 180 g/mol. The van der Waals surface area contributed by atoms with Gasteiger partial charge in [-0.25, -0.2) is 0 Å². The highest BCUT2D eigenvalue weighted by Crippen LogP contribution is 2.05. The van der Waals surface area contributed by atoms with Crippen LogP contribution >= 0.6 is 0 Å². The minimum absolute atomic E-state index is 0.282. The smallest absolute Gasteiger partial charge is 0.129 e. The van der Waals surface area contributed by atoms with Gasteiger partial charge >= 0.3 is 0 Å². The average Bonchev–Trinajstić information content (AvgIpc) is 2.45. The largest absolute Gasteiger partial charge is 0.300 e. The highest BCUT2D eigenvalue weighted by atomic mass is 16.1. The predicted octanol–water partition coefficient (Wildman–Crippen LogP) is 1.72. The predicted molar refractivity (Wildman–Crippen MR) is 51.4 cm³/mol. The van der Waals surface area contributed by atoms with Gasteiger partial charge < -0.3 is 4.79 Å². The molecule has 0 aliphatic rings. The SMILES string of the molecule is CC(=O)CCCCc1ccnn1C. The van der Waals surface area contributed by atoms with Crippen LogP contribution in [0.1, 0.15) is 31.9 Å². The van der Waals surface area contributed by atoms with Gasteiger partial charge in [-0.05, 0) is 32.3 Å². The van der Waals surface area contributed by atoms with Gasteiger partial charge in [-0.1, -0.05) is 0 Å². The summed E-state index contributed by atoms with van der Waals surface area (Å²) in [5.41, 5.74) is 1.24. The van der Waals surface area contributed by atoms with Crippen molar-refractivity contribution in [3.8, 4) is 0 Å². The molecule has 0 saturated heterocycles. The molecular formula is C10H16N2O.